The van der Waals surface area contributed by atoms with E-state index in [2.05, 4.69) is 0 Å². The van der Waals surface area contributed by atoms with E-state index >= 15 is 0 Å². The van der Waals surface area contributed by atoms with E-state index in [0.29, 0.717) is 0 Å². The van der Waals surface area contributed by atoms with Gasteiger partial charge in [0, 0.05) is 6.42 Å². The summed E-state index contributed by atoms with van der Waals surface area (Å²) in [5.74, 6) is -10.1. The van der Waals surface area contributed by atoms with E-state index in [4.69, 9.17) is 26.2 Å². The lowest BCUT2D eigenvalue weighted by atomic mass is 9.84. The highest BCUT2D eigenvalue weighted by molar-refractivity contribution is 5.95. The third-order valence-corrected chi connectivity index (χ3v) is 2.84. The fourth-order valence-electron chi connectivity index (χ4n) is 1.68. The average molecular weight is 321 g/mol. The normalized spacial score (nSPS) is 16.1. The van der Waals surface area contributed by atoms with E-state index in [-0.39, 0.29) is 0 Å². The van der Waals surface area contributed by atoms with E-state index in [9.17, 15) is 29.1 Å². The molecule has 0 aliphatic heterocycles. The molecule has 22 heavy (non-hydrogen) atoms. The molecular formula is C11H15NO10. The first-order chi connectivity index (χ1) is 9.90. The Morgan fingerprint density at radius 3 is 1.73 bits per heavy atom. The molecule has 0 rings (SSSR count). The van der Waals surface area contributed by atoms with Gasteiger partial charge >= 0.3 is 23.9 Å². The number of carboxylic acids is 4. The zero-order valence-corrected chi connectivity index (χ0v) is 11.1. The quantitative estimate of drug-likeness (QED) is 0.252. The van der Waals surface area contributed by atoms with Crippen molar-refractivity contribution in [2.24, 2.45) is 11.7 Å². The molecule has 0 aliphatic rings. The van der Waals surface area contributed by atoms with Gasteiger partial charge in [0.05, 0.1) is 18.8 Å². The maximum Gasteiger partial charge on any atom is 0.336 e. The number of carboxylic acid groups (broad SMARTS) is 4. The molecule has 0 aliphatic carbocycles. The van der Waals surface area contributed by atoms with E-state index in [1.54, 1.807) is 0 Å². The summed E-state index contributed by atoms with van der Waals surface area (Å²) in [6.07, 6.45) is -3.61. The molecule has 0 spiro atoms. The smallest absolute Gasteiger partial charge is 0.336 e. The number of aliphatic carboxylic acids is 4. The van der Waals surface area contributed by atoms with Gasteiger partial charge in [-0.05, 0) is 0 Å². The Morgan fingerprint density at radius 2 is 1.41 bits per heavy atom. The molecule has 124 valence electrons. The van der Waals surface area contributed by atoms with E-state index in [1.165, 1.54) is 0 Å². The highest BCUT2D eigenvalue weighted by Crippen LogP contribution is 2.22. The second-order valence-corrected chi connectivity index (χ2v) is 4.62. The van der Waals surface area contributed by atoms with E-state index < -0.39 is 66.5 Å². The van der Waals surface area contributed by atoms with Crippen LogP contribution in [-0.4, -0.2) is 66.8 Å². The van der Waals surface area contributed by atoms with Crippen molar-refractivity contribution in [1.29, 1.82) is 0 Å². The van der Waals surface area contributed by atoms with Crippen LogP contribution in [0.25, 0.3) is 0 Å². The zero-order valence-electron chi connectivity index (χ0n) is 11.1. The molecule has 7 N–H and O–H groups in total. The third kappa shape index (κ3) is 5.46. The number of hydrogen-bond acceptors (Lipinski definition) is 7. The summed E-state index contributed by atoms with van der Waals surface area (Å²) in [7, 11) is 0. The van der Waals surface area contributed by atoms with Crippen molar-refractivity contribution in [3.8, 4) is 0 Å². The number of Topliss-reactive ketones (excluding diaryl/α,β-unsaturated/α-hetero) is 1. The van der Waals surface area contributed by atoms with Gasteiger partial charge in [-0.2, -0.15) is 0 Å². The molecule has 0 heterocycles. The minimum Gasteiger partial charge on any atom is -0.481 e. The Labute approximate surface area is 123 Å². The maximum atomic E-state index is 11.9. The minimum atomic E-state index is -2.99. The monoisotopic (exact) mass is 321 g/mol. The lowest BCUT2D eigenvalue weighted by Gasteiger charge is -2.24. The Hall–Kier alpha value is -2.53. The topological polar surface area (TPSA) is 213 Å². The van der Waals surface area contributed by atoms with Crippen molar-refractivity contribution < 1.29 is 49.5 Å². The molecule has 0 aromatic heterocycles. The molecule has 0 amide bonds. The lowest BCUT2D eigenvalue weighted by molar-refractivity contribution is -0.168. The van der Waals surface area contributed by atoms with Crippen molar-refractivity contribution in [3.05, 3.63) is 0 Å². The molecule has 0 aromatic rings. The van der Waals surface area contributed by atoms with Crippen LogP contribution in [0.4, 0.5) is 0 Å². The van der Waals surface area contributed by atoms with Crippen LogP contribution in [0.1, 0.15) is 19.3 Å². The average Bonchev–Trinajstić information content (AvgIpc) is 2.33. The third-order valence-electron chi connectivity index (χ3n) is 2.84. The van der Waals surface area contributed by atoms with Crippen molar-refractivity contribution in [2.75, 3.05) is 0 Å². The molecule has 3 atom stereocenters. The SMILES string of the molecule is N[C@H](C(=O)O)C(CC(=O)O)C(=O)CC(O)(CC(=O)O)C(=O)O. The number of aliphatic hydroxyl groups is 1. The molecule has 0 saturated carbocycles. The first-order valence-electron chi connectivity index (χ1n) is 5.81. The lowest BCUT2D eigenvalue weighted by Crippen LogP contribution is -2.48. The zero-order chi connectivity index (χ0) is 17.7. The van der Waals surface area contributed by atoms with Crippen LogP contribution >= 0.6 is 0 Å². The molecule has 11 heteroatoms. The summed E-state index contributed by atoms with van der Waals surface area (Å²) in [6, 6.07) is -1.94. The summed E-state index contributed by atoms with van der Waals surface area (Å²) in [5.41, 5.74) is 2.19. The van der Waals surface area contributed by atoms with Crippen molar-refractivity contribution in [1.82, 2.24) is 0 Å². The van der Waals surface area contributed by atoms with Gasteiger partial charge in [0.1, 0.15) is 11.8 Å². The van der Waals surface area contributed by atoms with Gasteiger partial charge < -0.3 is 31.3 Å². The largest absolute Gasteiger partial charge is 0.481 e. The molecule has 2 unspecified atom stereocenters. The van der Waals surface area contributed by atoms with Gasteiger partial charge in [-0.3, -0.25) is 19.2 Å². The molecule has 0 saturated heterocycles. The van der Waals surface area contributed by atoms with Crippen LogP contribution < -0.4 is 5.73 Å². The summed E-state index contributed by atoms with van der Waals surface area (Å²) in [5, 5.41) is 44.4. The summed E-state index contributed by atoms with van der Waals surface area (Å²) < 4.78 is 0. The number of rotatable bonds is 10. The van der Waals surface area contributed by atoms with E-state index in [1.807, 2.05) is 0 Å². The Kier molecular flexibility index (Phi) is 6.61. The van der Waals surface area contributed by atoms with Gasteiger partial charge in [0.15, 0.2) is 5.60 Å². The van der Waals surface area contributed by atoms with E-state index in [0.717, 1.165) is 0 Å². The van der Waals surface area contributed by atoms with Crippen LogP contribution in [0.2, 0.25) is 0 Å². The second kappa shape index (κ2) is 7.47. The minimum absolute atomic E-state index is 1.00. The molecular weight excluding hydrogens is 306 g/mol. The standard InChI is InChI=1S/C11H15NO10/c12-8(9(18)19)4(1-6(14)15)5(13)2-11(22,10(20)21)3-7(16)17/h4,8,22H,1-3,12H2,(H,14,15)(H,16,17)(H,18,19)(H,20,21)/t4?,8-,11?/m0/s1. The second-order valence-electron chi connectivity index (χ2n) is 4.62. The van der Waals surface area contributed by atoms with Crippen LogP contribution in [0.15, 0.2) is 0 Å². The summed E-state index contributed by atoms with van der Waals surface area (Å²) in [4.78, 5) is 54.8. The van der Waals surface area contributed by atoms with Gasteiger partial charge in [0.2, 0.25) is 0 Å². The van der Waals surface area contributed by atoms with Crippen molar-refractivity contribution in [2.45, 2.75) is 30.9 Å². The summed E-state index contributed by atoms with van der Waals surface area (Å²) in [6.45, 7) is 0. The fraction of sp³-hybridized carbons (Fsp3) is 0.545. The maximum absolute atomic E-state index is 11.9. The number of nitrogens with two attached hydrogens (primary N) is 1. The van der Waals surface area contributed by atoms with Gasteiger partial charge in [-0.1, -0.05) is 0 Å². The Bertz CT molecular complexity index is 501. The highest BCUT2D eigenvalue weighted by Gasteiger charge is 2.44. The number of hydrogen-bond donors (Lipinski definition) is 6. The van der Waals surface area contributed by atoms with Crippen molar-refractivity contribution >= 4 is 29.7 Å². The van der Waals surface area contributed by atoms with Crippen molar-refractivity contribution in [3.63, 3.8) is 0 Å². The van der Waals surface area contributed by atoms with Crippen LogP contribution in [0.3, 0.4) is 0 Å². The van der Waals surface area contributed by atoms with Gasteiger partial charge in [-0.15, -0.1) is 0 Å². The number of ketones is 1. The summed E-state index contributed by atoms with van der Waals surface area (Å²) >= 11 is 0. The Balaban J connectivity index is 5.37. The first kappa shape index (κ1) is 19.5. The molecule has 0 bridgehead atoms. The highest BCUT2D eigenvalue weighted by atomic mass is 16.4. The van der Waals surface area contributed by atoms with Gasteiger partial charge in [0.25, 0.3) is 0 Å². The predicted octanol–water partition coefficient (Wildman–Crippen LogP) is -2.26. The molecule has 0 fully saturated rings. The number of carbonyl (C=O) groups is 5. The van der Waals surface area contributed by atoms with Crippen LogP contribution in [0, 0.1) is 5.92 Å². The predicted molar refractivity (Wildman–Crippen MR) is 65.8 cm³/mol. The molecule has 11 nitrogen and oxygen atoms in total. The number of carbonyl (C=O) groups excluding carboxylic acids is 1. The Morgan fingerprint density at radius 1 is 0.909 bits per heavy atom. The molecule has 0 radical (unpaired) electrons. The fourth-order valence-corrected chi connectivity index (χ4v) is 1.68. The molecule has 0 aromatic carbocycles. The van der Waals surface area contributed by atoms with Gasteiger partial charge in [-0.25, -0.2) is 4.79 Å². The van der Waals surface area contributed by atoms with Crippen LogP contribution in [0.5, 0.6) is 0 Å². The van der Waals surface area contributed by atoms with Crippen LogP contribution in [-0.2, 0) is 24.0 Å². The first-order valence-corrected chi connectivity index (χ1v) is 5.81.